The van der Waals surface area contributed by atoms with E-state index < -0.39 is 0 Å². The molecule has 4 nitrogen and oxygen atoms in total. The second-order valence-corrected chi connectivity index (χ2v) is 6.23. The molecule has 1 fully saturated rings. The van der Waals surface area contributed by atoms with Gasteiger partial charge in [0.15, 0.2) is 17.2 Å². The molecule has 3 aromatic rings. The Kier molecular flexibility index (Phi) is 2.80. The number of fused-ring (bicyclic) bond motifs is 1. The summed E-state index contributed by atoms with van der Waals surface area (Å²) in [5.74, 6) is 4.96. The van der Waals surface area contributed by atoms with Gasteiger partial charge in [0.1, 0.15) is 11.3 Å². The molecule has 4 rings (SSSR count). The first-order valence-corrected chi connectivity index (χ1v) is 7.96. The van der Waals surface area contributed by atoms with E-state index in [0.717, 1.165) is 34.3 Å². The first-order chi connectivity index (χ1) is 9.83. The molecule has 4 heterocycles. The van der Waals surface area contributed by atoms with Crippen molar-refractivity contribution in [2.75, 3.05) is 11.5 Å². The fourth-order valence-corrected chi connectivity index (χ4v) is 3.92. The molecule has 1 unspecified atom stereocenters. The van der Waals surface area contributed by atoms with Crippen LogP contribution in [0.15, 0.2) is 34.9 Å². The molecule has 1 aliphatic heterocycles. The average Bonchev–Trinajstić information content (AvgIpc) is 3.15. The molecule has 1 aliphatic rings. The molecular weight excluding hydrogens is 270 g/mol. The van der Waals surface area contributed by atoms with Crippen molar-refractivity contribution >= 4 is 22.9 Å². The van der Waals surface area contributed by atoms with Crippen LogP contribution in [-0.4, -0.2) is 26.0 Å². The highest BCUT2D eigenvalue weighted by Crippen LogP contribution is 2.35. The minimum absolute atomic E-state index is 0.459. The standard InChI is InChI=1S/C15H15N3OS/c1-10-4-5-13(19-10)15-17-12-3-2-7-16-14(12)18(15)11-6-8-20-9-11/h2-5,7,11H,6,8-9H2,1H3. The number of imidazole rings is 1. The molecule has 3 aromatic heterocycles. The van der Waals surface area contributed by atoms with E-state index in [1.165, 1.54) is 12.2 Å². The highest BCUT2D eigenvalue weighted by molar-refractivity contribution is 7.99. The van der Waals surface area contributed by atoms with E-state index in [4.69, 9.17) is 9.40 Å². The van der Waals surface area contributed by atoms with Gasteiger partial charge in [0.2, 0.25) is 0 Å². The molecule has 20 heavy (non-hydrogen) atoms. The van der Waals surface area contributed by atoms with Crippen LogP contribution in [0.4, 0.5) is 0 Å². The molecule has 0 N–H and O–H groups in total. The Balaban J connectivity index is 1.96. The van der Waals surface area contributed by atoms with E-state index in [-0.39, 0.29) is 0 Å². The van der Waals surface area contributed by atoms with Crippen molar-refractivity contribution < 1.29 is 4.42 Å². The van der Waals surface area contributed by atoms with Crippen LogP contribution < -0.4 is 0 Å². The number of hydrogen-bond donors (Lipinski definition) is 0. The molecule has 1 saturated heterocycles. The zero-order chi connectivity index (χ0) is 13.5. The van der Waals surface area contributed by atoms with Crippen LogP contribution in [0, 0.1) is 6.92 Å². The molecule has 5 heteroatoms. The van der Waals surface area contributed by atoms with Crippen LogP contribution >= 0.6 is 11.8 Å². The summed E-state index contributed by atoms with van der Waals surface area (Å²) < 4.78 is 8.04. The number of pyridine rings is 1. The third kappa shape index (κ3) is 1.85. The van der Waals surface area contributed by atoms with E-state index in [2.05, 4.69) is 9.55 Å². The maximum absolute atomic E-state index is 5.78. The molecular formula is C15H15N3OS. The summed E-state index contributed by atoms with van der Waals surface area (Å²) in [5, 5.41) is 0. The Morgan fingerprint density at radius 2 is 2.30 bits per heavy atom. The van der Waals surface area contributed by atoms with Gasteiger partial charge in [0.05, 0.1) is 0 Å². The first kappa shape index (κ1) is 12.0. The zero-order valence-electron chi connectivity index (χ0n) is 11.2. The summed E-state index contributed by atoms with van der Waals surface area (Å²) >= 11 is 1.99. The fourth-order valence-electron chi connectivity index (χ4n) is 2.73. The topological polar surface area (TPSA) is 43.9 Å². The van der Waals surface area contributed by atoms with E-state index in [9.17, 15) is 0 Å². The Morgan fingerprint density at radius 1 is 1.35 bits per heavy atom. The van der Waals surface area contributed by atoms with E-state index in [1.54, 1.807) is 0 Å². The predicted octanol–water partition coefficient (Wildman–Crippen LogP) is 3.68. The summed E-state index contributed by atoms with van der Waals surface area (Å²) in [4.78, 5) is 9.27. The molecule has 0 radical (unpaired) electrons. The van der Waals surface area contributed by atoms with E-state index in [1.807, 2.05) is 49.1 Å². The van der Waals surface area contributed by atoms with Gasteiger partial charge in [-0.25, -0.2) is 9.97 Å². The van der Waals surface area contributed by atoms with Crippen LogP contribution in [0.1, 0.15) is 18.2 Å². The van der Waals surface area contributed by atoms with Crippen molar-refractivity contribution in [3.8, 4) is 11.6 Å². The lowest BCUT2D eigenvalue weighted by atomic mass is 10.2. The number of rotatable bonds is 2. The Labute approximate surface area is 121 Å². The van der Waals surface area contributed by atoms with Gasteiger partial charge in [-0.05, 0) is 43.4 Å². The molecule has 0 aliphatic carbocycles. The molecule has 0 saturated carbocycles. The van der Waals surface area contributed by atoms with Crippen LogP contribution in [-0.2, 0) is 0 Å². The number of aromatic nitrogens is 3. The van der Waals surface area contributed by atoms with Gasteiger partial charge in [0.25, 0.3) is 0 Å². The molecule has 0 spiro atoms. The highest BCUT2D eigenvalue weighted by atomic mass is 32.2. The van der Waals surface area contributed by atoms with Crippen LogP contribution in [0.5, 0.6) is 0 Å². The third-order valence-electron chi connectivity index (χ3n) is 3.68. The van der Waals surface area contributed by atoms with Crippen molar-refractivity contribution in [1.29, 1.82) is 0 Å². The van der Waals surface area contributed by atoms with Crippen molar-refractivity contribution in [1.82, 2.24) is 14.5 Å². The van der Waals surface area contributed by atoms with Crippen molar-refractivity contribution in [2.45, 2.75) is 19.4 Å². The quantitative estimate of drug-likeness (QED) is 0.720. The third-order valence-corrected chi connectivity index (χ3v) is 4.83. The van der Waals surface area contributed by atoms with Gasteiger partial charge in [-0.2, -0.15) is 11.8 Å². The largest absolute Gasteiger partial charge is 0.458 e. The van der Waals surface area contributed by atoms with Crippen LogP contribution in [0.25, 0.3) is 22.7 Å². The Morgan fingerprint density at radius 3 is 3.05 bits per heavy atom. The lowest BCUT2D eigenvalue weighted by molar-refractivity contribution is 0.523. The van der Waals surface area contributed by atoms with Gasteiger partial charge in [-0.15, -0.1) is 0 Å². The number of hydrogen-bond acceptors (Lipinski definition) is 4. The van der Waals surface area contributed by atoms with Gasteiger partial charge in [-0.1, -0.05) is 0 Å². The molecule has 0 aromatic carbocycles. The van der Waals surface area contributed by atoms with E-state index >= 15 is 0 Å². The second-order valence-electron chi connectivity index (χ2n) is 5.08. The van der Waals surface area contributed by atoms with Gasteiger partial charge in [0, 0.05) is 18.0 Å². The smallest absolute Gasteiger partial charge is 0.178 e. The minimum Gasteiger partial charge on any atom is -0.458 e. The summed E-state index contributed by atoms with van der Waals surface area (Å²) in [6.45, 7) is 1.96. The molecule has 1 atom stereocenters. The summed E-state index contributed by atoms with van der Waals surface area (Å²) in [5.41, 5.74) is 1.90. The second kappa shape index (κ2) is 4.66. The van der Waals surface area contributed by atoms with Crippen LogP contribution in [0.3, 0.4) is 0 Å². The monoisotopic (exact) mass is 285 g/mol. The summed E-state index contributed by atoms with van der Waals surface area (Å²) in [6.07, 6.45) is 3.00. The Hall–Kier alpha value is -1.75. The van der Waals surface area contributed by atoms with Gasteiger partial charge in [-0.3, -0.25) is 0 Å². The number of thioether (sulfide) groups is 1. The van der Waals surface area contributed by atoms with Crippen molar-refractivity contribution in [3.05, 3.63) is 36.2 Å². The van der Waals surface area contributed by atoms with E-state index in [0.29, 0.717) is 6.04 Å². The average molecular weight is 285 g/mol. The molecule has 0 amide bonds. The zero-order valence-corrected chi connectivity index (χ0v) is 12.1. The maximum Gasteiger partial charge on any atom is 0.178 e. The van der Waals surface area contributed by atoms with Crippen molar-refractivity contribution in [2.24, 2.45) is 0 Å². The van der Waals surface area contributed by atoms with Crippen molar-refractivity contribution in [3.63, 3.8) is 0 Å². The summed E-state index contributed by atoms with van der Waals surface area (Å²) in [6, 6.07) is 8.38. The minimum atomic E-state index is 0.459. The number of nitrogens with zero attached hydrogens (tertiary/aromatic N) is 3. The first-order valence-electron chi connectivity index (χ1n) is 6.80. The SMILES string of the molecule is Cc1ccc(-c2nc3cccnc3n2C2CCSC2)o1. The molecule has 102 valence electrons. The Bertz CT molecular complexity index is 755. The number of aryl methyl sites for hydroxylation is 1. The predicted molar refractivity (Wildman–Crippen MR) is 80.9 cm³/mol. The highest BCUT2D eigenvalue weighted by Gasteiger charge is 2.25. The maximum atomic E-state index is 5.78. The summed E-state index contributed by atoms with van der Waals surface area (Å²) in [7, 11) is 0. The van der Waals surface area contributed by atoms with Crippen LogP contribution in [0.2, 0.25) is 0 Å². The lowest BCUT2D eigenvalue weighted by Crippen LogP contribution is -2.09. The van der Waals surface area contributed by atoms with Gasteiger partial charge >= 0.3 is 0 Å². The lowest BCUT2D eigenvalue weighted by Gasteiger charge is -2.13. The van der Waals surface area contributed by atoms with Gasteiger partial charge < -0.3 is 8.98 Å². The molecule has 0 bridgehead atoms. The normalized spacial score (nSPS) is 18.9. The number of furan rings is 1. The fraction of sp³-hybridized carbons (Fsp3) is 0.333.